The monoisotopic (exact) mass is 202 g/mol. The molecule has 0 aromatic heterocycles. The van der Waals surface area contributed by atoms with Crippen molar-refractivity contribution < 1.29 is 8.42 Å². The summed E-state index contributed by atoms with van der Waals surface area (Å²) in [6.45, 7) is 0. The van der Waals surface area contributed by atoms with E-state index in [4.69, 9.17) is 0 Å². The van der Waals surface area contributed by atoms with Gasteiger partial charge in [0.15, 0.2) is 9.84 Å². The lowest BCUT2D eigenvalue weighted by molar-refractivity contribution is 0.593. The number of nitrogens with one attached hydrogen (secondary N) is 1. The van der Waals surface area contributed by atoms with E-state index in [1.165, 1.54) is 12.8 Å². The van der Waals surface area contributed by atoms with Crippen LogP contribution in [0.25, 0.3) is 0 Å². The summed E-state index contributed by atoms with van der Waals surface area (Å²) < 4.78 is 22.1. The van der Waals surface area contributed by atoms with Crippen LogP contribution in [0.1, 0.15) is 25.7 Å². The van der Waals surface area contributed by atoms with Crippen LogP contribution in [-0.2, 0) is 9.84 Å². The molecule has 4 nitrogen and oxygen atoms in total. The first-order valence-electron chi connectivity index (χ1n) is 4.67. The van der Waals surface area contributed by atoms with Crippen molar-refractivity contribution in [2.75, 3.05) is 11.5 Å². The van der Waals surface area contributed by atoms with Gasteiger partial charge >= 0.3 is 0 Å². The van der Waals surface area contributed by atoms with Crippen LogP contribution in [0, 0.1) is 0 Å². The Morgan fingerprint density at radius 2 is 1.85 bits per heavy atom. The van der Waals surface area contributed by atoms with E-state index in [1.807, 2.05) is 0 Å². The maximum absolute atomic E-state index is 11.1. The van der Waals surface area contributed by atoms with Crippen molar-refractivity contribution >= 4 is 15.5 Å². The lowest BCUT2D eigenvalue weighted by Gasteiger charge is -2.13. The average Bonchev–Trinajstić information content (AvgIpc) is 2.86. The zero-order valence-corrected chi connectivity index (χ0v) is 8.31. The van der Waals surface area contributed by atoms with E-state index in [1.54, 1.807) is 0 Å². The van der Waals surface area contributed by atoms with Crippen molar-refractivity contribution in [1.29, 1.82) is 0 Å². The molecule has 0 aromatic rings. The molecule has 13 heavy (non-hydrogen) atoms. The molecule has 0 spiro atoms. The predicted molar refractivity (Wildman–Crippen MR) is 51.5 cm³/mol. The van der Waals surface area contributed by atoms with Crippen LogP contribution in [0.2, 0.25) is 0 Å². The number of hydrogen-bond acceptors (Lipinski definition) is 4. The first-order valence-corrected chi connectivity index (χ1v) is 6.49. The van der Waals surface area contributed by atoms with E-state index >= 15 is 0 Å². The van der Waals surface area contributed by atoms with E-state index in [0.717, 1.165) is 5.71 Å². The molecule has 0 atom stereocenters. The molecule has 0 bridgehead atoms. The molecule has 2 rings (SSSR count). The van der Waals surface area contributed by atoms with E-state index < -0.39 is 9.84 Å². The largest absolute Gasteiger partial charge is 0.307 e. The van der Waals surface area contributed by atoms with Crippen LogP contribution in [-0.4, -0.2) is 31.7 Å². The van der Waals surface area contributed by atoms with Gasteiger partial charge < -0.3 is 5.43 Å². The van der Waals surface area contributed by atoms with Crippen LogP contribution < -0.4 is 5.43 Å². The first kappa shape index (κ1) is 8.99. The molecule has 5 heteroatoms. The fraction of sp³-hybridized carbons (Fsp3) is 0.875. The lowest BCUT2D eigenvalue weighted by atomic mass is 10.2. The summed E-state index contributed by atoms with van der Waals surface area (Å²) >= 11 is 0. The molecule has 0 aromatic carbocycles. The first-order chi connectivity index (χ1) is 6.16. The minimum Gasteiger partial charge on any atom is -0.307 e. The van der Waals surface area contributed by atoms with Crippen LogP contribution in [0.15, 0.2) is 5.10 Å². The van der Waals surface area contributed by atoms with Crippen molar-refractivity contribution in [3.8, 4) is 0 Å². The summed E-state index contributed by atoms with van der Waals surface area (Å²) in [4.78, 5) is 0. The fourth-order valence-corrected chi connectivity index (χ4v) is 2.58. The van der Waals surface area contributed by atoms with E-state index in [-0.39, 0.29) is 11.5 Å². The predicted octanol–water partition coefficient (Wildman–Crippen LogP) is 0.303. The second-order valence-corrected chi connectivity index (χ2v) is 6.04. The Bertz CT molecular complexity index is 301. The molecular formula is C8H14N2O2S. The standard InChI is InChI=1S/C8H14N2O2S/c11-13(12)5-3-8(4-6-13)10-9-7-1-2-7/h7,9H,1-6H2. The van der Waals surface area contributed by atoms with Gasteiger partial charge in [-0.05, 0) is 12.8 Å². The third kappa shape index (κ3) is 2.69. The van der Waals surface area contributed by atoms with Gasteiger partial charge in [-0.2, -0.15) is 5.10 Å². The quantitative estimate of drug-likeness (QED) is 0.655. The van der Waals surface area contributed by atoms with Gasteiger partial charge in [-0.1, -0.05) is 0 Å². The smallest absolute Gasteiger partial charge is 0.151 e. The van der Waals surface area contributed by atoms with Crippen molar-refractivity contribution in [1.82, 2.24) is 5.43 Å². The van der Waals surface area contributed by atoms with Crippen molar-refractivity contribution in [3.05, 3.63) is 0 Å². The molecule has 0 amide bonds. The zero-order chi connectivity index (χ0) is 9.31. The van der Waals surface area contributed by atoms with Gasteiger partial charge in [-0.25, -0.2) is 8.42 Å². The Morgan fingerprint density at radius 1 is 1.23 bits per heavy atom. The molecular weight excluding hydrogens is 188 g/mol. The Balaban J connectivity index is 1.85. The highest BCUT2D eigenvalue weighted by molar-refractivity contribution is 7.91. The van der Waals surface area contributed by atoms with Crippen LogP contribution >= 0.6 is 0 Å². The van der Waals surface area contributed by atoms with Gasteiger partial charge in [0.2, 0.25) is 0 Å². The number of hydrogen-bond donors (Lipinski definition) is 1. The van der Waals surface area contributed by atoms with Gasteiger partial charge in [0.05, 0.1) is 11.5 Å². The maximum Gasteiger partial charge on any atom is 0.151 e. The number of nitrogens with zero attached hydrogens (tertiary/aromatic N) is 1. The molecule has 1 aliphatic heterocycles. The molecule has 74 valence electrons. The Hall–Kier alpha value is -0.580. The highest BCUT2D eigenvalue weighted by atomic mass is 32.2. The molecule has 1 heterocycles. The van der Waals surface area contributed by atoms with Gasteiger partial charge in [0.1, 0.15) is 0 Å². The van der Waals surface area contributed by atoms with Crippen LogP contribution in [0.5, 0.6) is 0 Å². The summed E-state index contributed by atoms with van der Waals surface area (Å²) in [6.07, 6.45) is 3.63. The lowest BCUT2D eigenvalue weighted by Crippen LogP contribution is -2.25. The molecule has 2 aliphatic rings. The van der Waals surface area contributed by atoms with Crippen molar-refractivity contribution in [3.63, 3.8) is 0 Å². The van der Waals surface area contributed by atoms with Gasteiger partial charge in [0.25, 0.3) is 0 Å². The summed E-state index contributed by atoms with van der Waals surface area (Å²) in [5.74, 6) is 0.552. The Kier molecular flexibility index (Phi) is 2.27. The second kappa shape index (κ2) is 3.29. The van der Waals surface area contributed by atoms with E-state index in [9.17, 15) is 8.42 Å². The van der Waals surface area contributed by atoms with Crippen LogP contribution in [0.4, 0.5) is 0 Å². The topological polar surface area (TPSA) is 58.5 Å². The molecule has 0 unspecified atom stereocenters. The highest BCUT2D eigenvalue weighted by Crippen LogP contribution is 2.19. The SMILES string of the molecule is O=S1(=O)CCC(=NNC2CC2)CC1. The van der Waals surface area contributed by atoms with Gasteiger partial charge in [-0.3, -0.25) is 0 Å². The summed E-state index contributed by atoms with van der Waals surface area (Å²) in [7, 11) is -2.75. The van der Waals surface area contributed by atoms with E-state index in [0.29, 0.717) is 18.9 Å². The summed E-state index contributed by atoms with van der Waals surface area (Å²) in [6, 6.07) is 0.561. The van der Waals surface area contributed by atoms with Gasteiger partial charge in [-0.15, -0.1) is 0 Å². The molecule has 1 N–H and O–H groups in total. The fourth-order valence-electron chi connectivity index (χ4n) is 1.28. The minimum absolute atomic E-state index is 0.276. The molecule has 2 fully saturated rings. The normalized spacial score (nSPS) is 26.9. The average molecular weight is 202 g/mol. The number of rotatable bonds is 2. The third-order valence-electron chi connectivity index (χ3n) is 2.39. The molecule has 0 radical (unpaired) electrons. The second-order valence-electron chi connectivity index (χ2n) is 3.73. The molecule has 1 saturated carbocycles. The minimum atomic E-state index is -2.75. The van der Waals surface area contributed by atoms with Gasteiger partial charge in [0, 0.05) is 24.6 Å². The zero-order valence-electron chi connectivity index (χ0n) is 7.49. The number of sulfone groups is 1. The van der Waals surface area contributed by atoms with E-state index in [2.05, 4.69) is 10.5 Å². The van der Waals surface area contributed by atoms with Crippen molar-refractivity contribution in [2.24, 2.45) is 5.10 Å². The highest BCUT2D eigenvalue weighted by Gasteiger charge is 2.22. The summed E-state index contributed by atoms with van der Waals surface area (Å²) in [5.41, 5.74) is 4.06. The third-order valence-corrected chi connectivity index (χ3v) is 4.04. The Morgan fingerprint density at radius 3 is 2.38 bits per heavy atom. The molecule has 1 saturated heterocycles. The van der Waals surface area contributed by atoms with Crippen molar-refractivity contribution in [2.45, 2.75) is 31.7 Å². The molecule has 1 aliphatic carbocycles. The Labute approximate surface area is 78.3 Å². The maximum atomic E-state index is 11.1. The summed E-state index contributed by atoms with van der Waals surface area (Å²) in [5, 5.41) is 4.21. The number of hydrazone groups is 1. The van der Waals surface area contributed by atoms with Crippen LogP contribution in [0.3, 0.4) is 0 Å².